The predicted molar refractivity (Wildman–Crippen MR) is 176 cm³/mol. The number of benzene rings is 1. The highest BCUT2D eigenvalue weighted by atomic mass is 32.2. The minimum atomic E-state index is -3.96. The van der Waals surface area contributed by atoms with E-state index in [2.05, 4.69) is 4.98 Å². The number of rotatable bonds is 5. The van der Waals surface area contributed by atoms with Crippen LogP contribution in [0.1, 0.15) is 64.6 Å². The Morgan fingerprint density at radius 3 is 2.44 bits per heavy atom. The quantitative estimate of drug-likeness (QED) is 0.272. The molecule has 0 saturated carbocycles. The van der Waals surface area contributed by atoms with Gasteiger partial charge in [-0.05, 0) is 44.1 Å². The number of cyclic esters (lactones) is 1. The topological polar surface area (TPSA) is 137 Å². The van der Waals surface area contributed by atoms with E-state index < -0.39 is 70.2 Å². The van der Waals surface area contributed by atoms with Crippen LogP contribution in [0.25, 0.3) is 6.08 Å². The van der Waals surface area contributed by atoms with Gasteiger partial charge in [-0.15, -0.1) is 11.3 Å². The number of hydrogen-bond acceptors (Lipinski definition) is 9. The average Bonchev–Trinajstić information content (AvgIpc) is 3.54. The second-order valence-electron chi connectivity index (χ2n) is 12.8. The zero-order valence-electron chi connectivity index (χ0n) is 27.0. The first-order valence-electron chi connectivity index (χ1n) is 15.2. The van der Waals surface area contributed by atoms with Crippen LogP contribution in [-0.2, 0) is 24.5 Å². The molecule has 1 fully saturated rings. The maximum Gasteiger partial charge on any atom is 0.309 e. The van der Waals surface area contributed by atoms with E-state index in [4.69, 9.17) is 4.74 Å². The molecule has 4 rings (SSSR count). The molecule has 0 bridgehead atoms. The lowest BCUT2D eigenvalue weighted by atomic mass is 9.73. The Balaban J connectivity index is 1.72. The van der Waals surface area contributed by atoms with Crippen molar-refractivity contribution in [2.45, 2.75) is 91.2 Å². The van der Waals surface area contributed by atoms with Crippen LogP contribution >= 0.6 is 11.3 Å². The van der Waals surface area contributed by atoms with E-state index in [1.807, 2.05) is 37.4 Å². The third-order valence-electron chi connectivity index (χ3n) is 9.10. The third-order valence-corrected chi connectivity index (χ3v) is 11.9. The lowest BCUT2D eigenvalue weighted by Gasteiger charge is -2.34. The van der Waals surface area contributed by atoms with E-state index in [0.717, 1.165) is 5.01 Å². The molecular weight excluding hydrogens is 615 g/mol. The molecule has 0 aliphatic carbocycles. The fourth-order valence-corrected chi connectivity index (χ4v) is 8.26. The highest BCUT2D eigenvalue weighted by Crippen LogP contribution is 2.42. The van der Waals surface area contributed by atoms with Crippen LogP contribution in [0.4, 0.5) is 5.69 Å². The minimum Gasteiger partial charge on any atom is -0.458 e. The number of esters is 1. The van der Waals surface area contributed by atoms with Gasteiger partial charge in [0.25, 0.3) is 0 Å². The van der Waals surface area contributed by atoms with Crippen LogP contribution in [0.3, 0.4) is 0 Å². The Kier molecular flexibility index (Phi) is 10.8. The summed E-state index contributed by atoms with van der Waals surface area (Å²) in [4.78, 5) is 31.2. The maximum absolute atomic E-state index is 13.9. The summed E-state index contributed by atoms with van der Waals surface area (Å²) in [6, 6.07) is 7.88. The number of aromatic nitrogens is 1. The largest absolute Gasteiger partial charge is 0.458 e. The second kappa shape index (κ2) is 13.8. The first-order chi connectivity index (χ1) is 21.0. The highest BCUT2D eigenvalue weighted by Gasteiger charge is 2.56. The number of Topliss-reactive ketones (excluding diaryl/α,β-unsaturated/α-hetero) is 1. The lowest BCUT2D eigenvalue weighted by molar-refractivity contribution is -0.154. The zero-order chi connectivity index (χ0) is 33.3. The van der Waals surface area contributed by atoms with Gasteiger partial charge in [-0.1, -0.05) is 58.0 Å². The number of carbonyl (C=O) groups excluding carboxylic acids is 2. The normalized spacial score (nSPS) is 32.3. The number of para-hydroxylation sites is 1. The Bertz CT molecular complexity index is 1540. The molecule has 2 N–H and O–H groups in total. The smallest absolute Gasteiger partial charge is 0.309 e. The maximum atomic E-state index is 13.9. The number of nitrogens with zero attached hydrogens (tertiary/aromatic N) is 3. The summed E-state index contributed by atoms with van der Waals surface area (Å²) >= 11 is 1.49. The molecule has 0 amide bonds. The van der Waals surface area contributed by atoms with Crippen molar-refractivity contribution in [3.63, 3.8) is 0 Å². The second-order valence-corrected chi connectivity index (χ2v) is 15.7. The van der Waals surface area contributed by atoms with Crippen molar-refractivity contribution < 1.29 is 33.0 Å². The summed E-state index contributed by atoms with van der Waals surface area (Å²) in [5.74, 6) is -2.30. The SMILES string of the molecule is C/C(=C\c1csc(C)n1)[C@@H]1CC2C(C/C=C\C(C)[C@H](O)[C@@H](C)C(=O)C(C)(C)C(O)CC(=O)O1)N2S(=O)(=O)N(C)c1ccccc1. The number of thiazole rings is 1. The predicted octanol–water partition coefficient (Wildman–Crippen LogP) is 4.53. The molecule has 1 saturated heterocycles. The third kappa shape index (κ3) is 7.74. The lowest BCUT2D eigenvalue weighted by Crippen LogP contribution is -2.45. The van der Waals surface area contributed by atoms with Gasteiger partial charge in [0.15, 0.2) is 0 Å². The first kappa shape index (κ1) is 35.0. The Hall–Kier alpha value is -2.90. The van der Waals surface area contributed by atoms with Gasteiger partial charge in [0.2, 0.25) is 0 Å². The van der Waals surface area contributed by atoms with Gasteiger partial charge in [0, 0.05) is 42.8 Å². The standard InChI is InChI=1S/C33H45N3O7S2/c1-20-12-11-15-26-27(36(26)45(41,42)35(7)25-13-9-8-10-14-25)17-28(21(2)16-24-19-44-23(4)34-24)43-30(38)18-29(37)33(5,6)32(40)22(3)31(20)39/h8-14,16,19-20,22,26-29,31,37,39H,15,17-18H2,1-7H3/b12-11-,21-16+/t20?,22-,26?,27?,28+,29?,31+,36?/m1/s1. The molecule has 5 unspecified atom stereocenters. The van der Waals surface area contributed by atoms with Crippen LogP contribution in [0.15, 0.2) is 53.4 Å². The molecule has 45 heavy (non-hydrogen) atoms. The number of ether oxygens (including phenoxy) is 1. The minimum absolute atomic E-state index is 0.186. The summed E-state index contributed by atoms with van der Waals surface area (Å²) in [7, 11) is -2.45. The van der Waals surface area contributed by atoms with Crippen molar-refractivity contribution in [2.75, 3.05) is 11.4 Å². The first-order valence-corrected chi connectivity index (χ1v) is 17.5. The van der Waals surface area contributed by atoms with Gasteiger partial charge >= 0.3 is 16.2 Å². The summed E-state index contributed by atoms with van der Waals surface area (Å²) in [5.41, 5.74) is 0.572. The molecule has 0 spiro atoms. The molecule has 1 aromatic carbocycles. The molecule has 0 radical (unpaired) electrons. The highest BCUT2D eigenvalue weighted by molar-refractivity contribution is 7.90. The van der Waals surface area contributed by atoms with E-state index in [0.29, 0.717) is 23.4 Å². The van der Waals surface area contributed by atoms with Crippen LogP contribution in [0.2, 0.25) is 0 Å². The van der Waals surface area contributed by atoms with Gasteiger partial charge in [-0.25, -0.2) is 4.98 Å². The van der Waals surface area contributed by atoms with Crippen molar-refractivity contribution >= 4 is 45.1 Å². The van der Waals surface area contributed by atoms with Gasteiger partial charge in [0.05, 0.1) is 40.4 Å². The number of fused-ring (bicyclic) bond motifs is 1. The van der Waals surface area contributed by atoms with E-state index in [1.165, 1.54) is 27.0 Å². The molecule has 12 heteroatoms. The Labute approximate surface area is 270 Å². The molecule has 10 nitrogen and oxygen atoms in total. The molecule has 2 aliphatic rings. The van der Waals surface area contributed by atoms with Gasteiger partial charge in [0.1, 0.15) is 11.9 Å². The monoisotopic (exact) mass is 659 g/mol. The fraction of sp³-hybridized carbons (Fsp3) is 0.545. The number of aryl methyl sites for hydroxylation is 1. The number of hydrogen-bond donors (Lipinski definition) is 2. The van der Waals surface area contributed by atoms with Crippen LogP contribution < -0.4 is 4.31 Å². The summed E-state index contributed by atoms with van der Waals surface area (Å²) in [5, 5.41) is 24.8. The molecule has 1 aromatic heterocycles. The van der Waals surface area contributed by atoms with Crippen molar-refractivity contribution in [2.24, 2.45) is 17.3 Å². The number of aliphatic hydroxyl groups is 2. The van der Waals surface area contributed by atoms with Gasteiger partial charge < -0.3 is 14.9 Å². The number of aliphatic hydroxyl groups excluding tert-OH is 2. The Morgan fingerprint density at radius 2 is 1.82 bits per heavy atom. The van der Waals surface area contributed by atoms with Crippen molar-refractivity contribution in [3.8, 4) is 0 Å². The van der Waals surface area contributed by atoms with Crippen LogP contribution in [0, 0.1) is 24.2 Å². The molecular formula is C33H45N3O7S2. The number of anilines is 1. The van der Waals surface area contributed by atoms with Crippen LogP contribution in [-0.4, -0.2) is 77.1 Å². The van der Waals surface area contributed by atoms with E-state index in [-0.39, 0.29) is 12.2 Å². The fourth-order valence-electron chi connectivity index (χ4n) is 5.93. The molecule has 246 valence electrons. The Morgan fingerprint density at radius 1 is 1.16 bits per heavy atom. The van der Waals surface area contributed by atoms with Crippen molar-refractivity contribution in [1.82, 2.24) is 9.29 Å². The number of carbonyl (C=O) groups is 2. The van der Waals surface area contributed by atoms with Crippen molar-refractivity contribution in [3.05, 3.63) is 64.1 Å². The summed E-state index contributed by atoms with van der Waals surface area (Å²) in [6.45, 7) is 10.2. The van der Waals surface area contributed by atoms with Crippen LogP contribution in [0.5, 0.6) is 0 Å². The zero-order valence-corrected chi connectivity index (χ0v) is 28.6. The average molecular weight is 660 g/mol. The molecule has 2 aromatic rings. The molecule has 8 atom stereocenters. The van der Waals surface area contributed by atoms with Gasteiger partial charge in [-0.2, -0.15) is 12.7 Å². The summed E-state index contributed by atoms with van der Waals surface area (Å²) < 4.78 is 36.5. The van der Waals surface area contributed by atoms with E-state index in [9.17, 15) is 28.2 Å². The van der Waals surface area contributed by atoms with E-state index in [1.54, 1.807) is 58.0 Å². The summed E-state index contributed by atoms with van der Waals surface area (Å²) in [6.07, 6.45) is 2.37. The van der Waals surface area contributed by atoms with E-state index >= 15 is 0 Å². The molecule has 2 aliphatic heterocycles. The van der Waals surface area contributed by atoms with Gasteiger partial charge in [-0.3, -0.25) is 13.9 Å². The molecule has 3 heterocycles. The number of ketones is 1. The van der Waals surface area contributed by atoms with Crippen molar-refractivity contribution in [1.29, 1.82) is 0 Å².